The van der Waals surface area contributed by atoms with Gasteiger partial charge in [-0.25, -0.2) is 0 Å². The van der Waals surface area contributed by atoms with E-state index in [1.54, 1.807) is 13.3 Å². The minimum absolute atomic E-state index is 0.653. The van der Waals surface area contributed by atoms with E-state index >= 15 is 0 Å². The number of methoxy groups -OCH3 is 1. The molecule has 0 spiro atoms. The Hall–Kier alpha value is -1.61. The Bertz CT molecular complexity index is 609. The Morgan fingerprint density at radius 1 is 1.37 bits per heavy atom. The van der Waals surface area contributed by atoms with E-state index in [1.807, 2.05) is 12.1 Å². The molecule has 0 saturated heterocycles. The number of aromatic nitrogens is 1. The number of rotatable bonds is 3. The van der Waals surface area contributed by atoms with Gasteiger partial charge < -0.3 is 14.1 Å². The van der Waals surface area contributed by atoms with E-state index in [0.717, 1.165) is 30.0 Å². The van der Waals surface area contributed by atoms with E-state index in [0.29, 0.717) is 10.8 Å². The molecule has 4 heteroatoms. The fourth-order valence-corrected chi connectivity index (χ4v) is 2.67. The van der Waals surface area contributed by atoms with Crippen molar-refractivity contribution in [2.75, 3.05) is 7.11 Å². The zero-order valence-corrected chi connectivity index (χ0v) is 11.6. The summed E-state index contributed by atoms with van der Waals surface area (Å²) >= 11 is 6.12. The van der Waals surface area contributed by atoms with Gasteiger partial charge in [-0.1, -0.05) is 17.7 Å². The van der Waals surface area contributed by atoms with Crippen LogP contribution in [0.15, 0.2) is 28.8 Å². The molecular formula is C15H16ClNO2. The van der Waals surface area contributed by atoms with Crippen molar-refractivity contribution in [1.82, 2.24) is 4.98 Å². The topological polar surface area (TPSA) is 38.2 Å². The third-order valence-electron chi connectivity index (χ3n) is 3.44. The summed E-state index contributed by atoms with van der Waals surface area (Å²) in [7, 11) is 1.66. The molecule has 1 aliphatic carbocycles. The van der Waals surface area contributed by atoms with Gasteiger partial charge in [0.15, 0.2) is 17.3 Å². The SMILES string of the molecule is COc1cc(-c2[nH]ccc2Cl)oc1C1=CCCCC1. The number of halogens is 1. The van der Waals surface area contributed by atoms with E-state index in [-0.39, 0.29) is 0 Å². The van der Waals surface area contributed by atoms with Crippen LogP contribution in [0.4, 0.5) is 0 Å². The number of aromatic amines is 1. The predicted octanol–water partition coefficient (Wildman–Crippen LogP) is 4.89. The molecule has 0 radical (unpaired) electrons. The summed E-state index contributed by atoms with van der Waals surface area (Å²) in [4.78, 5) is 3.09. The lowest BCUT2D eigenvalue weighted by molar-refractivity contribution is 0.402. The Labute approximate surface area is 117 Å². The quantitative estimate of drug-likeness (QED) is 0.867. The molecule has 0 amide bonds. The molecule has 1 N–H and O–H groups in total. The van der Waals surface area contributed by atoms with Crippen LogP contribution in [0, 0.1) is 0 Å². The molecule has 2 heterocycles. The highest BCUT2D eigenvalue weighted by Crippen LogP contribution is 2.39. The molecule has 3 nitrogen and oxygen atoms in total. The first-order valence-electron chi connectivity index (χ1n) is 6.50. The van der Waals surface area contributed by atoms with Crippen LogP contribution in [-0.4, -0.2) is 12.1 Å². The number of allylic oxidation sites excluding steroid dienone is 2. The van der Waals surface area contributed by atoms with Crippen LogP contribution in [0.25, 0.3) is 17.0 Å². The monoisotopic (exact) mass is 277 g/mol. The van der Waals surface area contributed by atoms with Crippen LogP contribution in [-0.2, 0) is 0 Å². The van der Waals surface area contributed by atoms with Crippen molar-refractivity contribution < 1.29 is 9.15 Å². The molecular weight excluding hydrogens is 262 g/mol. The third-order valence-corrected chi connectivity index (χ3v) is 3.76. The zero-order chi connectivity index (χ0) is 13.2. The molecule has 100 valence electrons. The van der Waals surface area contributed by atoms with Gasteiger partial charge in [-0.15, -0.1) is 0 Å². The molecule has 2 aromatic heterocycles. The summed E-state index contributed by atoms with van der Waals surface area (Å²) in [6, 6.07) is 3.70. The highest BCUT2D eigenvalue weighted by molar-refractivity contribution is 6.33. The minimum atomic E-state index is 0.653. The highest BCUT2D eigenvalue weighted by atomic mass is 35.5. The Morgan fingerprint density at radius 2 is 2.26 bits per heavy atom. The summed E-state index contributed by atoms with van der Waals surface area (Å²) in [5.74, 6) is 2.32. The second-order valence-electron chi connectivity index (χ2n) is 4.68. The maximum absolute atomic E-state index is 6.12. The van der Waals surface area contributed by atoms with Gasteiger partial charge >= 0.3 is 0 Å². The molecule has 0 aromatic carbocycles. The first-order chi connectivity index (χ1) is 9.29. The lowest BCUT2D eigenvalue weighted by atomic mass is 9.97. The van der Waals surface area contributed by atoms with Gasteiger partial charge in [0.05, 0.1) is 12.1 Å². The first kappa shape index (κ1) is 12.4. The fourth-order valence-electron chi connectivity index (χ4n) is 2.46. The van der Waals surface area contributed by atoms with Gasteiger partial charge in [-0.05, 0) is 37.3 Å². The zero-order valence-electron chi connectivity index (χ0n) is 10.8. The van der Waals surface area contributed by atoms with Gasteiger partial charge in [0.1, 0.15) is 5.69 Å². The molecule has 0 aliphatic heterocycles. The van der Waals surface area contributed by atoms with Crippen molar-refractivity contribution in [3.63, 3.8) is 0 Å². The largest absolute Gasteiger partial charge is 0.493 e. The molecule has 0 fully saturated rings. The number of H-pyrrole nitrogens is 1. The maximum atomic E-state index is 6.12. The van der Waals surface area contributed by atoms with E-state index < -0.39 is 0 Å². The van der Waals surface area contributed by atoms with Gasteiger partial charge in [0, 0.05) is 12.3 Å². The summed E-state index contributed by atoms with van der Waals surface area (Å²) < 4.78 is 11.4. The maximum Gasteiger partial charge on any atom is 0.172 e. The van der Waals surface area contributed by atoms with Crippen molar-refractivity contribution in [3.8, 4) is 17.2 Å². The van der Waals surface area contributed by atoms with Crippen molar-refractivity contribution >= 4 is 17.2 Å². The Morgan fingerprint density at radius 3 is 2.89 bits per heavy atom. The third kappa shape index (κ3) is 2.30. The van der Waals surface area contributed by atoms with Gasteiger partial charge in [-0.3, -0.25) is 0 Å². The van der Waals surface area contributed by atoms with Crippen LogP contribution in [0.3, 0.4) is 0 Å². The molecule has 19 heavy (non-hydrogen) atoms. The van der Waals surface area contributed by atoms with Crippen molar-refractivity contribution in [1.29, 1.82) is 0 Å². The lowest BCUT2D eigenvalue weighted by Gasteiger charge is -2.11. The number of hydrogen-bond donors (Lipinski definition) is 1. The van der Waals surface area contributed by atoms with Crippen molar-refractivity contribution in [2.24, 2.45) is 0 Å². The smallest absolute Gasteiger partial charge is 0.172 e. The van der Waals surface area contributed by atoms with Crippen LogP contribution >= 0.6 is 11.6 Å². The molecule has 0 saturated carbocycles. The normalized spacial score (nSPS) is 15.4. The van der Waals surface area contributed by atoms with Crippen LogP contribution in [0.5, 0.6) is 5.75 Å². The van der Waals surface area contributed by atoms with Crippen LogP contribution in [0.1, 0.15) is 31.4 Å². The minimum Gasteiger partial charge on any atom is -0.493 e. The van der Waals surface area contributed by atoms with Gasteiger partial charge in [0.25, 0.3) is 0 Å². The van der Waals surface area contributed by atoms with Crippen LogP contribution < -0.4 is 4.74 Å². The van der Waals surface area contributed by atoms with E-state index in [1.165, 1.54) is 18.4 Å². The first-order valence-corrected chi connectivity index (χ1v) is 6.88. The summed E-state index contributed by atoms with van der Waals surface area (Å²) in [6.45, 7) is 0. The molecule has 0 atom stereocenters. The molecule has 3 rings (SSSR count). The second kappa shape index (κ2) is 5.17. The average Bonchev–Trinajstić information content (AvgIpc) is 3.05. The number of ether oxygens (including phenoxy) is 1. The lowest BCUT2D eigenvalue weighted by Crippen LogP contribution is -1.92. The van der Waals surface area contributed by atoms with Gasteiger partial charge in [-0.2, -0.15) is 0 Å². The van der Waals surface area contributed by atoms with Gasteiger partial charge in [0.2, 0.25) is 0 Å². The summed E-state index contributed by atoms with van der Waals surface area (Å²) in [5.41, 5.74) is 2.03. The molecule has 0 unspecified atom stereocenters. The Balaban J connectivity index is 2.03. The standard InChI is InChI=1S/C15H16ClNO2/c1-18-13-9-12(14-11(16)7-8-17-14)19-15(13)10-5-3-2-4-6-10/h5,7-9,17H,2-4,6H2,1H3. The summed E-state index contributed by atoms with van der Waals surface area (Å²) in [6.07, 6.45) is 8.65. The second-order valence-corrected chi connectivity index (χ2v) is 5.09. The molecule has 0 bridgehead atoms. The number of hydrogen-bond acceptors (Lipinski definition) is 2. The van der Waals surface area contributed by atoms with E-state index in [2.05, 4.69) is 11.1 Å². The molecule has 1 aliphatic rings. The fraction of sp³-hybridized carbons (Fsp3) is 0.333. The van der Waals surface area contributed by atoms with Crippen molar-refractivity contribution in [3.05, 3.63) is 35.2 Å². The Kier molecular flexibility index (Phi) is 3.38. The van der Waals surface area contributed by atoms with E-state index in [4.69, 9.17) is 20.8 Å². The highest BCUT2D eigenvalue weighted by Gasteiger charge is 2.19. The molecule has 2 aromatic rings. The number of nitrogens with one attached hydrogen (secondary N) is 1. The average molecular weight is 278 g/mol. The van der Waals surface area contributed by atoms with Crippen LogP contribution in [0.2, 0.25) is 5.02 Å². The van der Waals surface area contributed by atoms with Crippen molar-refractivity contribution in [2.45, 2.75) is 25.7 Å². The number of furan rings is 1. The summed E-state index contributed by atoms with van der Waals surface area (Å²) in [5, 5.41) is 0.653. The van der Waals surface area contributed by atoms with E-state index in [9.17, 15) is 0 Å². The predicted molar refractivity (Wildman–Crippen MR) is 76.5 cm³/mol.